The molecule has 0 bridgehead atoms. The third-order valence-corrected chi connectivity index (χ3v) is 3.68. The first-order chi connectivity index (χ1) is 9.20. The number of likely N-dealkylation sites (N-methyl/N-ethyl adjacent to an activating group) is 1. The molecule has 0 radical (unpaired) electrons. The molecular weight excluding hydrogens is 248 g/mol. The van der Waals surface area contributed by atoms with Crippen molar-refractivity contribution in [2.75, 3.05) is 19.8 Å². The number of ether oxygens (including phenoxy) is 1. The molecule has 19 heavy (non-hydrogen) atoms. The summed E-state index contributed by atoms with van der Waals surface area (Å²) < 4.78 is 32.4. The van der Waals surface area contributed by atoms with Gasteiger partial charge in [-0.3, -0.25) is 0 Å². The molecule has 2 atom stereocenters. The Morgan fingerprint density at radius 3 is 2.95 bits per heavy atom. The highest BCUT2D eigenvalue weighted by atomic mass is 19.1. The van der Waals surface area contributed by atoms with Gasteiger partial charge in [0.1, 0.15) is 11.6 Å². The van der Waals surface area contributed by atoms with Crippen LogP contribution in [0, 0.1) is 17.6 Å². The maximum absolute atomic E-state index is 13.7. The highest BCUT2D eigenvalue weighted by molar-refractivity contribution is 5.20. The summed E-state index contributed by atoms with van der Waals surface area (Å²) in [6.07, 6.45) is 2.62. The normalized spacial score (nSPS) is 21.3. The van der Waals surface area contributed by atoms with Gasteiger partial charge in [-0.05, 0) is 55.5 Å². The van der Waals surface area contributed by atoms with E-state index < -0.39 is 0 Å². The van der Waals surface area contributed by atoms with Gasteiger partial charge in [-0.15, -0.1) is 0 Å². The number of nitrogens with one attached hydrogen (secondary N) is 1. The van der Waals surface area contributed by atoms with Crippen molar-refractivity contribution in [3.8, 4) is 0 Å². The van der Waals surface area contributed by atoms with Gasteiger partial charge >= 0.3 is 0 Å². The van der Waals surface area contributed by atoms with Crippen LogP contribution in [0.1, 0.15) is 25.3 Å². The first kappa shape index (κ1) is 14.4. The first-order valence-corrected chi connectivity index (χ1v) is 6.95. The summed E-state index contributed by atoms with van der Waals surface area (Å²) in [6.45, 7) is 4.36. The third-order valence-electron chi connectivity index (χ3n) is 3.68. The predicted molar refractivity (Wildman–Crippen MR) is 71.1 cm³/mol. The minimum Gasteiger partial charge on any atom is -0.381 e. The van der Waals surface area contributed by atoms with E-state index in [0.29, 0.717) is 24.5 Å². The Morgan fingerprint density at radius 2 is 2.26 bits per heavy atom. The summed E-state index contributed by atoms with van der Waals surface area (Å²) in [7, 11) is 0. The van der Waals surface area contributed by atoms with E-state index in [0.717, 1.165) is 32.1 Å². The maximum Gasteiger partial charge on any atom is 0.126 e. The molecule has 1 heterocycles. The lowest BCUT2D eigenvalue weighted by atomic mass is 9.89. The Labute approximate surface area is 113 Å². The number of benzene rings is 1. The van der Waals surface area contributed by atoms with Gasteiger partial charge in [0, 0.05) is 12.6 Å². The van der Waals surface area contributed by atoms with Crippen LogP contribution in [0.15, 0.2) is 18.2 Å². The Morgan fingerprint density at radius 1 is 1.42 bits per heavy atom. The Kier molecular flexibility index (Phi) is 5.28. The van der Waals surface area contributed by atoms with Gasteiger partial charge in [-0.2, -0.15) is 0 Å². The molecule has 4 heteroatoms. The van der Waals surface area contributed by atoms with Gasteiger partial charge in [0.25, 0.3) is 0 Å². The summed E-state index contributed by atoms with van der Waals surface area (Å²) in [5, 5.41) is 3.38. The highest BCUT2D eigenvalue weighted by Gasteiger charge is 2.24. The van der Waals surface area contributed by atoms with Crippen molar-refractivity contribution in [3.05, 3.63) is 35.4 Å². The smallest absolute Gasteiger partial charge is 0.126 e. The standard InChI is InChI=1S/C15H21F2NO/c1-2-18-15(11-4-3-7-19-10-11)9-12-8-13(16)5-6-14(12)17/h5-6,8,11,15,18H,2-4,7,9-10H2,1H3. The molecule has 1 aromatic carbocycles. The van der Waals surface area contributed by atoms with Crippen LogP contribution < -0.4 is 5.32 Å². The average Bonchev–Trinajstić information content (AvgIpc) is 2.43. The fourth-order valence-electron chi connectivity index (χ4n) is 2.69. The van der Waals surface area contributed by atoms with E-state index in [4.69, 9.17) is 4.74 Å². The van der Waals surface area contributed by atoms with Gasteiger partial charge in [0.2, 0.25) is 0 Å². The van der Waals surface area contributed by atoms with E-state index in [-0.39, 0.29) is 17.7 Å². The molecular formula is C15H21F2NO. The summed E-state index contributed by atoms with van der Waals surface area (Å²) in [5.74, 6) is -0.344. The molecule has 2 nitrogen and oxygen atoms in total. The van der Waals surface area contributed by atoms with Gasteiger partial charge in [-0.1, -0.05) is 6.92 Å². The zero-order valence-corrected chi connectivity index (χ0v) is 11.3. The van der Waals surface area contributed by atoms with Crippen LogP contribution in [0.25, 0.3) is 0 Å². The SMILES string of the molecule is CCNC(Cc1cc(F)ccc1F)C1CCCOC1. The summed E-state index contributed by atoms with van der Waals surface area (Å²) in [6, 6.07) is 3.79. The molecule has 2 rings (SSSR count). The minimum absolute atomic E-state index is 0.140. The van der Waals surface area contributed by atoms with Gasteiger partial charge in [0.15, 0.2) is 0 Å². The first-order valence-electron chi connectivity index (χ1n) is 6.95. The Bertz CT molecular complexity index is 405. The largest absolute Gasteiger partial charge is 0.381 e. The van der Waals surface area contributed by atoms with Crippen LogP contribution in [0.2, 0.25) is 0 Å². The van der Waals surface area contributed by atoms with Crippen LogP contribution in [0.3, 0.4) is 0 Å². The predicted octanol–water partition coefficient (Wildman–Crippen LogP) is 2.91. The van der Waals surface area contributed by atoms with E-state index in [1.165, 1.54) is 12.1 Å². The van der Waals surface area contributed by atoms with E-state index in [2.05, 4.69) is 5.32 Å². The fourth-order valence-corrected chi connectivity index (χ4v) is 2.69. The summed E-state index contributed by atoms with van der Waals surface area (Å²) in [5.41, 5.74) is 0.441. The second-order valence-electron chi connectivity index (χ2n) is 5.08. The van der Waals surface area contributed by atoms with Crippen molar-refractivity contribution in [2.45, 2.75) is 32.2 Å². The lowest BCUT2D eigenvalue weighted by molar-refractivity contribution is 0.0394. The topological polar surface area (TPSA) is 21.3 Å². The van der Waals surface area contributed by atoms with Crippen molar-refractivity contribution in [1.29, 1.82) is 0 Å². The molecule has 1 N–H and O–H groups in total. The number of halogens is 2. The third kappa shape index (κ3) is 3.98. The summed E-state index contributed by atoms with van der Waals surface area (Å²) in [4.78, 5) is 0. The molecule has 1 saturated heterocycles. The molecule has 1 fully saturated rings. The van der Waals surface area contributed by atoms with Crippen molar-refractivity contribution in [2.24, 2.45) is 5.92 Å². The van der Waals surface area contributed by atoms with E-state index in [1.807, 2.05) is 6.92 Å². The van der Waals surface area contributed by atoms with E-state index in [1.54, 1.807) is 0 Å². The van der Waals surface area contributed by atoms with Crippen molar-refractivity contribution in [1.82, 2.24) is 5.32 Å². The van der Waals surface area contributed by atoms with E-state index in [9.17, 15) is 8.78 Å². The monoisotopic (exact) mass is 269 g/mol. The van der Waals surface area contributed by atoms with Crippen molar-refractivity contribution in [3.63, 3.8) is 0 Å². The fraction of sp³-hybridized carbons (Fsp3) is 0.600. The molecule has 106 valence electrons. The lowest BCUT2D eigenvalue weighted by Crippen LogP contribution is -2.41. The Balaban J connectivity index is 2.08. The van der Waals surface area contributed by atoms with Crippen molar-refractivity contribution >= 4 is 0 Å². The molecule has 0 amide bonds. The van der Waals surface area contributed by atoms with E-state index >= 15 is 0 Å². The lowest BCUT2D eigenvalue weighted by Gasteiger charge is -2.31. The second kappa shape index (κ2) is 6.96. The molecule has 0 aliphatic carbocycles. The van der Waals surface area contributed by atoms with Gasteiger partial charge < -0.3 is 10.1 Å². The maximum atomic E-state index is 13.7. The van der Waals surface area contributed by atoms with Crippen LogP contribution in [0.4, 0.5) is 8.78 Å². The number of hydrogen-bond donors (Lipinski definition) is 1. The molecule has 1 aliphatic rings. The van der Waals surface area contributed by atoms with Crippen LogP contribution in [-0.2, 0) is 11.2 Å². The molecule has 0 saturated carbocycles. The molecule has 0 aromatic heterocycles. The number of rotatable bonds is 5. The number of hydrogen-bond acceptors (Lipinski definition) is 2. The molecule has 1 aliphatic heterocycles. The molecule has 1 aromatic rings. The zero-order chi connectivity index (χ0) is 13.7. The summed E-state index contributed by atoms with van der Waals surface area (Å²) >= 11 is 0. The second-order valence-corrected chi connectivity index (χ2v) is 5.08. The zero-order valence-electron chi connectivity index (χ0n) is 11.3. The van der Waals surface area contributed by atoms with Crippen LogP contribution >= 0.6 is 0 Å². The van der Waals surface area contributed by atoms with Crippen molar-refractivity contribution < 1.29 is 13.5 Å². The average molecular weight is 269 g/mol. The quantitative estimate of drug-likeness (QED) is 0.887. The highest BCUT2D eigenvalue weighted by Crippen LogP contribution is 2.22. The van der Waals surface area contributed by atoms with Crippen LogP contribution in [-0.4, -0.2) is 25.8 Å². The minimum atomic E-state index is -0.383. The molecule has 2 unspecified atom stereocenters. The Hall–Kier alpha value is -1.00. The van der Waals surface area contributed by atoms with Gasteiger partial charge in [-0.25, -0.2) is 8.78 Å². The van der Waals surface area contributed by atoms with Gasteiger partial charge in [0.05, 0.1) is 6.61 Å². The molecule has 0 spiro atoms. The van der Waals surface area contributed by atoms with Crippen LogP contribution in [0.5, 0.6) is 0 Å².